The van der Waals surface area contributed by atoms with Gasteiger partial charge in [-0.2, -0.15) is 0 Å². The molecule has 35 heavy (non-hydrogen) atoms. The molecule has 9 heteroatoms. The fourth-order valence-electron chi connectivity index (χ4n) is 5.15. The van der Waals surface area contributed by atoms with Gasteiger partial charge in [0.1, 0.15) is 17.5 Å². The van der Waals surface area contributed by atoms with Crippen LogP contribution in [0.4, 0.5) is 26.0 Å². The number of rotatable bonds is 4. The number of halogens is 2. The second-order valence-electron chi connectivity index (χ2n) is 9.00. The smallest absolute Gasteiger partial charge is 0.154 e. The minimum Gasteiger partial charge on any atom is -0.397 e. The number of imidazole rings is 1. The van der Waals surface area contributed by atoms with Gasteiger partial charge in [0.2, 0.25) is 0 Å². The van der Waals surface area contributed by atoms with Crippen molar-refractivity contribution in [2.45, 2.75) is 18.9 Å². The van der Waals surface area contributed by atoms with Crippen LogP contribution in [-0.2, 0) is 4.74 Å². The number of hydrogen-bond donors (Lipinski definition) is 1. The summed E-state index contributed by atoms with van der Waals surface area (Å²) in [6, 6.07) is 13.1. The van der Waals surface area contributed by atoms with E-state index < -0.39 is 11.6 Å². The molecule has 0 spiro atoms. The molecule has 1 atom stereocenters. The molecule has 0 aliphatic carbocycles. The van der Waals surface area contributed by atoms with E-state index in [9.17, 15) is 8.78 Å². The summed E-state index contributed by atoms with van der Waals surface area (Å²) >= 11 is 0. The molecule has 2 N–H and O–H groups in total. The van der Waals surface area contributed by atoms with Crippen LogP contribution >= 0.6 is 0 Å². The van der Waals surface area contributed by atoms with Crippen LogP contribution in [0.15, 0.2) is 54.7 Å². The average Bonchev–Trinajstić information content (AvgIpc) is 3.53. The van der Waals surface area contributed by atoms with Gasteiger partial charge in [-0.25, -0.2) is 18.3 Å². The van der Waals surface area contributed by atoms with Crippen LogP contribution in [0.1, 0.15) is 24.4 Å². The summed E-state index contributed by atoms with van der Waals surface area (Å²) in [6.07, 6.45) is 3.38. The molecule has 4 heterocycles. The third-order valence-corrected chi connectivity index (χ3v) is 6.89. The Balaban J connectivity index is 1.35. The van der Waals surface area contributed by atoms with E-state index in [-0.39, 0.29) is 6.04 Å². The molecule has 1 unspecified atom stereocenters. The zero-order valence-electron chi connectivity index (χ0n) is 19.2. The summed E-state index contributed by atoms with van der Waals surface area (Å²) in [5.74, 6) is -0.143. The van der Waals surface area contributed by atoms with Gasteiger partial charge in [-0.3, -0.25) is 0 Å². The Bertz CT molecular complexity index is 1380. The molecule has 2 saturated heterocycles. The van der Waals surface area contributed by atoms with E-state index >= 15 is 0 Å². The number of aromatic nitrogens is 3. The Kier molecular flexibility index (Phi) is 5.49. The molecule has 2 fully saturated rings. The van der Waals surface area contributed by atoms with Crippen LogP contribution < -0.4 is 15.5 Å². The van der Waals surface area contributed by atoms with Gasteiger partial charge in [0, 0.05) is 30.8 Å². The van der Waals surface area contributed by atoms with E-state index in [4.69, 9.17) is 15.6 Å². The molecule has 180 valence electrons. The predicted molar refractivity (Wildman–Crippen MR) is 132 cm³/mol. The van der Waals surface area contributed by atoms with Gasteiger partial charge >= 0.3 is 0 Å². The fourth-order valence-corrected chi connectivity index (χ4v) is 5.15. The highest BCUT2D eigenvalue weighted by Gasteiger charge is 2.30. The molecule has 7 nitrogen and oxygen atoms in total. The van der Waals surface area contributed by atoms with Gasteiger partial charge in [-0.1, -0.05) is 6.07 Å². The number of fused-ring (bicyclic) bond motifs is 1. The maximum atomic E-state index is 14.6. The van der Waals surface area contributed by atoms with Crippen LogP contribution in [0.25, 0.3) is 16.9 Å². The second-order valence-corrected chi connectivity index (χ2v) is 9.00. The van der Waals surface area contributed by atoms with Crippen molar-refractivity contribution in [3.63, 3.8) is 0 Å². The maximum Gasteiger partial charge on any atom is 0.154 e. The van der Waals surface area contributed by atoms with E-state index in [1.54, 1.807) is 10.7 Å². The van der Waals surface area contributed by atoms with Gasteiger partial charge in [0.05, 0.1) is 42.5 Å². The summed E-state index contributed by atoms with van der Waals surface area (Å²) in [5.41, 5.74) is 10.9. The van der Waals surface area contributed by atoms with Gasteiger partial charge in [0.25, 0.3) is 0 Å². The first-order chi connectivity index (χ1) is 17.1. The maximum absolute atomic E-state index is 14.6. The zero-order chi connectivity index (χ0) is 23.9. The quantitative estimate of drug-likeness (QED) is 0.439. The highest BCUT2D eigenvalue weighted by atomic mass is 19.1. The molecule has 4 aromatic rings. The van der Waals surface area contributed by atoms with E-state index in [0.29, 0.717) is 42.5 Å². The largest absolute Gasteiger partial charge is 0.397 e. The number of nitrogens with two attached hydrogens (primary N) is 1. The summed E-state index contributed by atoms with van der Waals surface area (Å²) in [6.45, 7) is 3.72. The zero-order valence-corrected chi connectivity index (χ0v) is 19.2. The molecule has 2 aromatic carbocycles. The highest BCUT2D eigenvalue weighted by Crippen LogP contribution is 2.37. The topological polar surface area (TPSA) is 71.9 Å². The van der Waals surface area contributed by atoms with Crippen molar-refractivity contribution in [3.05, 3.63) is 71.9 Å². The highest BCUT2D eigenvalue weighted by molar-refractivity contribution is 5.76. The van der Waals surface area contributed by atoms with E-state index in [2.05, 4.69) is 9.88 Å². The van der Waals surface area contributed by atoms with Crippen LogP contribution in [0, 0.1) is 11.6 Å². The van der Waals surface area contributed by atoms with E-state index in [0.717, 1.165) is 48.9 Å². The summed E-state index contributed by atoms with van der Waals surface area (Å²) < 4.78 is 35.7. The Morgan fingerprint density at radius 1 is 0.971 bits per heavy atom. The summed E-state index contributed by atoms with van der Waals surface area (Å²) in [7, 11) is 0. The SMILES string of the molecule is Nc1cc(-c2cnc3ccc(N4CCCC4c4cc(F)ccc4F)nn23)ccc1N1CCOCC1. The molecule has 2 aromatic heterocycles. The van der Waals surface area contributed by atoms with Crippen LogP contribution in [-0.4, -0.2) is 47.4 Å². The molecular formula is C26H26F2N6O. The number of nitrogen functional groups attached to an aromatic ring is 1. The van der Waals surface area contributed by atoms with Gasteiger partial charge in [-0.05, 0) is 55.3 Å². The van der Waals surface area contributed by atoms with Gasteiger partial charge in [-0.15, -0.1) is 5.10 Å². The Morgan fingerprint density at radius 2 is 1.83 bits per heavy atom. The lowest BCUT2D eigenvalue weighted by molar-refractivity contribution is 0.123. The van der Waals surface area contributed by atoms with E-state index in [1.165, 1.54) is 12.1 Å². The number of anilines is 3. The van der Waals surface area contributed by atoms with Crippen molar-refractivity contribution in [3.8, 4) is 11.3 Å². The lowest BCUT2D eigenvalue weighted by atomic mass is 10.0. The second kappa shape index (κ2) is 8.81. The Morgan fingerprint density at radius 3 is 2.66 bits per heavy atom. The molecule has 2 aliphatic heterocycles. The Labute approximate surface area is 201 Å². The molecule has 0 amide bonds. The minimum atomic E-state index is -0.438. The van der Waals surface area contributed by atoms with Crippen molar-refractivity contribution < 1.29 is 13.5 Å². The number of hydrogen-bond acceptors (Lipinski definition) is 6. The summed E-state index contributed by atoms with van der Waals surface area (Å²) in [4.78, 5) is 8.78. The van der Waals surface area contributed by atoms with Crippen molar-refractivity contribution >= 4 is 22.8 Å². The minimum absolute atomic E-state index is 0.272. The molecule has 0 radical (unpaired) electrons. The van der Waals surface area contributed by atoms with Crippen LogP contribution in [0.3, 0.4) is 0 Å². The van der Waals surface area contributed by atoms with Crippen molar-refractivity contribution in [2.24, 2.45) is 0 Å². The summed E-state index contributed by atoms with van der Waals surface area (Å²) in [5, 5.41) is 4.86. The first-order valence-electron chi connectivity index (χ1n) is 11.9. The van der Waals surface area contributed by atoms with Crippen molar-refractivity contribution in [1.29, 1.82) is 0 Å². The third kappa shape index (κ3) is 3.95. The molecule has 6 rings (SSSR count). The number of ether oxygens (including phenoxy) is 1. The number of nitrogens with zero attached hydrogens (tertiary/aromatic N) is 5. The predicted octanol–water partition coefficient (Wildman–Crippen LogP) is 4.43. The lowest BCUT2D eigenvalue weighted by Crippen LogP contribution is -2.36. The first kappa shape index (κ1) is 21.8. The fraction of sp³-hybridized carbons (Fsp3) is 0.308. The standard InChI is InChI=1S/C26H26F2N6O/c27-18-4-5-20(28)19(15-18)22-2-1-9-33(22)26-8-7-25-30-16-24(34(25)31-26)17-3-6-23(21(29)14-17)32-10-12-35-13-11-32/h3-8,14-16,22H,1-2,9-13,29H2. The van der Waals surface area contributed by atoms with Gasteiger partial charge < -0.3 is 20.3 Å². The number of morpholine rings is 1. The van der Waals surface area contributed by atoms with Crippen LogP contribution in [0.5, 0.6) is 0 Å². The lowest BCUT2D eigenvalue weighted by Gasteiger charge is -2.30. The number of benzene rings is 2. The first-order valence-corrected chi connectivity index (χ1v) is 11.9. The normalized spacial score (nSPS) is 18.5. The molecule has 2 aliphatic rings. The van der Waals surface area contributed by atoms with Crippen molar-refractivity contribution in [1.82, 2.24) is 14.6 Å². The average molecular weight is 477 g/mol. The van der Waals surface area contributed by atoms with Crippen LogP contribution in [0.2, 0.25) is 0 Å². The van der Waals surface area contributed by atoms with Gasteiger partial charge in [0.15, 0.2) is 5.65 Å². The van der Waals surface area contributed by atoms with Crippen molar-refractivity contribution in [2.75, 3.05) is 48.4 Å². The molecule has 0 saturated carbocycles. The third-order valence-electron chi connectivity index (χ3n) is 6.89. The molecule has 0 bridgehead atoms. The van der Waals surface area contributed by atoms with E-state index in [1.807, 2.05) is 35.2 Å². The Hall–Kier alpha value is -3.72. The monoisotopic (exact) mass is 476 g/mol. The molecular weight excluding hydrogens is 450 g/mol.